The van der Waals surface area contributed by atoms with Gasteiger partial charge >= 0.3 is 5.97 Å². The Morgan fingerprint density at radius 1 is 1.33 bits per heavy atom. The van der Waals surface area contributed by atoms with Crippen molar-refractivity contribution in [2.24, 2.45) is 11.1 Å². The summed E-state index contributed by atoms with van der Waals surface area (Å²) < 4.78 is 0.483. The van der Waals surface area contributed by atoms with Gasteiger partial charge in [-0.3, -0.25) is 4.79 Å². The summed E-state index contributed by atoms with van der Waals surface area (Å²) in [6.45, 7) is 4.76. The average Bonchev–Trinajstić information content (AvgIpc) is 2.38. The van der Waals surface area contributed by atoms with Crippen LogP contribution in [0.1, 0.15) is 43.5 Å². The number of benzene rings is 1. The van der Waals surface area contributed by atoms with Gasteiger partial charge in [0.1, 0.15) is 0 Å². The van der Waals surface area contributed by atoms with Crippen molar-refractivity contribution >= 4 is 33.5 Å². The van der Waals surface area contributed by atoms with Gasteiger partial charge < -0.3 is 16.2 Å². The lowest BCUT2D eigenvalue weighted by Crippen LogP contribution is -2.20. The molecule has 0 bridgehead atoms. The second-order valence-electron chi connectivity index (χ2n) is 5.75. The monoisotopic (exact) mass is 356 g/mol. The molecule has 0 saturated carbocycles. The normalized spacial score (nSPS) is 11.2. The Labute approximate surface area is 133 Å². The molecule has 0 spiro atoms. The first kappa shape index (κ1) is 17.7. The van der Waals surface area contributed by atoms with Gasteiger partial charge in [-0.15, -0.1) is 0 Å². The average molecular weight is 357 g/mol. The number of aromatic carboxylic acids is 1. The van der Waals surface area contributed by atoms with Gasteiger partial charge in [0.2, 0.25) is 5.91 Å². The van der Waals surface area contributed by atoms with E-state index >= 15 is 0 Å². The number of carboxylic acid groups (broad SMARTS) is 1. The van der Waals surface area contributed by atoms with Crippen molar-refractivity contribution in [3.05, 3.63) is 28.2 Å². The van der Waals surface area contributed by atoms with Gasteiger partial charge in [0.05, 0.1) is 5.56 Å². The van der Waals surface area contributed by atoms with Gasteiger partial charge in [-0.2, -0.15) is 0 Å². The van der Waals surface area contributed by atoms with Crippen LogP contribution in [0.3, 0.4) is 0 Å². The van der Waals surface area contributed by atoms with E-state index in [1.165, 1.54) is 6.07 Å². The molecule has 0 aromatic heterocycles. The van der Waals surface area contributed by atoms with Crippen LogP contribution in [-0.2, 0) is 4.79 Å². The Bertz CT molecular complexity index is 530. The van der Waals surface area contributed by atoms with Crippen molar-refractivity contribution in [3.63, 3.8) is 0 Å². The van der Waals surface area contributed by atoms with E-state index in [9.17, 15) is 9.59 Å². The molecule has 1 amide bonds. The zero-order valence-electron chi connectivity index (χ0n) is 12.3. The lowest BCUT2D eigenvalue weighted by atomic mass is 9.84. The first-order chi connectivity index (χ1) is 9.75. The lowest BCUT2D eigenvalue weighted by molar-refractivity contribution is -0.116. The highest BCUT2D eigenvalue weighted by Crippen LogP contribution is 2.26. The van der Waals surface area contributed by atoms with Crippen molar-refractivity contribution in [1.82, 2.24) is 0 Å². The quantitative estimate of drug-likeness (QED) is 0.699. The zero-order valence-corrected chi connectivity index (χ0v) is 13.9. The van der Waals surface area contributed by atoms with Crippen molar-refractivity contribution in [1.29, 1.82) is 0 Å². The van der Waals surface area contributed by atoms with Crippen LogP contribution in [0.5, 0.6) is 0 Å². The number of hydrogen-bond donors (Lipinski definition) is 3. The summed E-state index contributed by atoms with van der Waals surface area (Å²) >= 11 is 3.17. The van der Waals surface area contributed by atoms with Crippen LogP contribution in [0.25, 0.3) is 0 Å². The smallest absolute Gasteiger partial charge is 0.336 e. The highest BCUT2D eigenvalue weighted by Gasteiger charge is 2.18. The number of nitrogens with two attached hydrogens (primary N) is 1. The Kier molecular flexibility index (Phi) is 6.36. The van der Waals surface area contributed by atoms with Crippen molar-refractivity contribution in [2.75, 3.05) is 11.9 Å². The molecule has 1 aromatic rings. The summed E-state index contributed by atoms with van der Waals surface area (Å²) in [7, 11) is 0. The number of anilines is 1. The number of nitrogens with one attached hydrogen (secondary N) is 1. The molecule has 21 heavy (non-hydrogen) atoms. The molecule has 5 nitrogen and oxygen atoms in total. The number of carboxylic acids is 1. The summed E-state index contributed by atoms with van der Waals surface area (Å²) in [6, 6.07) is 4.71. The summed E-state index contributed by atoms with van der Waals surface area (Å²) in [4.78, 5) is 23.0. The minimum atomic E-state index is -1.04. The number of carbonyl (C=O) groups excluding carboxylic acids is 1. The lowest BCUT2D eigenvalue weighted by Gasteiger charge is -2.23. The first-order valence-electron chi connectivity index (χ1n) is 6.78. The van der Waals surface area contributed by atoms with E-state index in [1.54, 1.807) is 12.1 Å². The predicted octanol–water partition coefficient (Wildman–Crippen LogP) is 3.24. The molecule has 1 rings (SSSR count). The highest BCUT2D eigenvalue weighted by atomic mass is 79.9. The van der Waals surface area contributed by atoms with Gasteiger partial charge in [-0.05, 0) is 58.9 Å². The van der Waals surface area contributed by atoms with Gasteiger partial charge in [-0.1, -0.05) is 13.8 Å². The van der Waals surface area contributed by atoms with Crippen molar-refractivity contribution < 1.29 is 14.7 Å². The Morgan fingerprint density at radius 3 is 2.57 bits per heavy atom. The van der Waals surface area contributed by atoms with Crippen LogP contribution in [0.4, 0.5) is 5.69 Å². The Hall–Kier alpha value is -1.40. The molecule has 0 saturated heterocycles. The number of hydrogen-bond acceptors (Lipinski definition) is 3. The summed E-state index contributed by atoms with van der Waals surface area (Å²) in [5, 5.41) is 11.8. The van der Waals surface area contributed by atoms with Crippen LogP contribution >= 0.6 is 15.9 Å². The maximum Gasteiger partial charge on any atom is 0.336 e. The van der Waals surface area contributed by atoms with Crippen LogP contribution in [0, 0.1) is 5.41 Å². The Morgan fingerprint density at radius 2 is 2.00 bits per heavy atom. The zero-order chi connectivity index (χ0) is 16.0. The summed E-state index contributed by atoms with van der Waals surface area (Å²) in [5.74, 6) is -1.17. The molecule has 0 atom stereocenters. The molecule has 0 aliphatic rings. The van der Waals surface area contributed by atoms with Crippen LogP contribution in [0.2, 0.25) is 0 Å². The van der Waals surface area contributed by atoms with Crippen molar-refractivity contribution in [3.8, 4) is 0 Å². The number of amides is 1. The third kappa shape index (κ3) is 5.85. The minimum Gasteiger partial charge on any atom is -0.478 e. The largest absolute Gasteiger partial charge is 0.478 e. The second-order valence-corrected chi connectivity index (χ2v) is 6.61. The maximum absolute atomic E-state index is 11.9. The first-order valence-corrected chi connectivity index (χ1v) is 7.57. The second kappa shape index (κ2) is 7.56. The fourth-order valence-electron chi connectivity index (χ4n) is 1.96. The molecular weight excluding hydrogens is 336 g/mol. The standard InChI is InChI=1S/C15H21BrN2O3/c1-15(2,7-8-17)6-5-13(19)18-10-3-4-12(16)11(9-10)14(20)21/h3-4,9H,5-8,17H2,1-2H3,(H,18,19)(H,20,21). The van der Waals surface area contributed by atoms with E-state index in [4.69, 9.17) is 10.8 Å². The fourth-order valence-corrected chi connectivity index (χ4v) is 2.37. The number of rotatable bonds is 7. The van der Waals surface area contributed by atoms with E-state index in [-0.39, 0.29) is 16.9 Å². The van der Waals surface area contributed by atoms with E-state index in [0.29, 0.717) is 23.1 Å². The third-order valence-corrected chi connectivity index (χ3v) is 4.02. The molecule has 116 valence electrons. The van der Waals surface area contributed by atoms with Gasteiger partial charge in [-0.25, -0.2) is 4.79 Å². The number of halogens is 1. The number of carbonyl (C=O) groups is 2. The van der Waals surface area contributed by atoms with Crippen molar-refractivity contribution in [2.45, 2.75) is 33.1 Å². The molecule has 0 fully saturated rings. The fraction of sp³-hybridized carbons (Fsp3) is 0.467. The van der Waals surface area contributed by atoms with E-state index in [2.05, 4.69) is 35.1 Å². The molecular formula is C15H21BrN2O3. The van der Waals surface area contributed by atoms with Crippen LogP contribution in [-0.4, -0.2) is 23.5 Å². The molecule has 0 unspecified atom stereocenters. The van der Waals surface area contributed by atoms with E-state index in [0.717, 1.165) is 12.8 Å². The van der Waals surface area contributed by atoms with Gasteiger partial charge in [0, 0.05) is 16.6 Å². The van der Waals surface area contributed by atoms with Crippen LogP contribution in [0.15, 0.2) is 22.7 Å². The third-order valence-electron chi connectivity index (χ3n) is 3.33. The van der Waals surface area contributed by atoms with E-state index in [1.807, 2.05) is 0 Å². The van der Waals surface area contributed by atoms with Gasteiger partial charge in [0.25, 0.3) is 0 Å². The van der Waals surface area contributed by atoms with Gasteiger partial charge in [0.15, 0.2) is 0 Å². The van der Waals surface area contributed by atoms with E-state index < -0.39 is 5.97 Å². The summed E-state index contributed by atoms with van der Waals surface area (Å²) in [6.07, 6.45) is 1.98. The molecule has 0 aliphatic heterocycles. The molecule has 1 aromatic carbocycles. The minimum absolute atomic E-state index is 0.0258. The summed E-state index contributed by atoms with van der Waals surface area (Å²) in [5.41, 5.74) is 6.17. The Balaban J connectivity index is 2.63. The predicted molar refractivity (Wildman–Crippen MR) is 86.4 cm³/mol. The molecule has 0 radical (unpaired) electrons. The highest BCUT2D eigenvalue weighted by molar-refractivity contribution is 9.10. The molecule has 0 heterocycles. The SMILES string of the molecule is CC(C)(CCN)CCC(=O)Nc1ccc(Br)c(C(=O)O)c1. The maximum atomic E-state index is 11.9. The molecule has 4 N–H and O–H groups in total. The molecule has 6 heteroatoms. The molecule has 0 aliphatic carbocycles. The topological polar surface area (TPSA) is 92.4 Å². The van der Waals surface area contributed by atoms with Crippen LogP contribution < -0.4 is 11.1 Å².